The van der Waals surface area contributed by atoms with E-state index in [4.69, 9.17) is 17.3 Å². The van der Waals surface area contributed by atoms with Gasteiger partial charge in [0.25, 0.3) is 0 Å². The van der Waals surface area contributed by atoms with E-state index in [1.54, 1.807) is 18.1 Å². The Bertz CT molecular complexity index is 741. The predicted octanol–water partition coefficient (Wildman–Crippen LogP) is 4.08. The maximum Gasteiger partial charge on any atom is 0.117 e. The molecule has 2 aromatic carbocycles. The van der Waals surface area contributed by atoms with Gasteiger partial charge in [-0.05, 0) is 23.8 Å². The van der Waals surface area contributed by atoms with E-state index in [1.807, 2.05) is 48.5 Å². The van der Waals surface area contributed by atoms with Gasteiger partial charge in [-0.2, -0.15) is 0 Å². The molecule has 0 aliphatic rings. The van der Waals surface area contributed by atoms with Crippen molar-refractivity contribution in [1.29, 1.82) is 0 Å². The minimum absolute atomic E-state index is 0.139. The van der Waals surface area contributed by atoms with Gasteiger partial charge in [-0.25, -0.2) is 9.97 Å². The van der Waals surface area contributed by atoms with Crippen molar-refractivity contribution in [2.75, 3.05) is 6.54 Å². The van der Waals surface area contributed by atoms with Gasteiger partial charge in [-0.1, -0.05) is 53.7 Å². The van der Waals surface area contributed by atoms with Gasteiger partial charge in [0.1, 0.15) is 11.4 Å². The highest BCUT2D eigenvalue weighted by Crippen LogP contribution is 2.36. The molecule has 0 spiro atoms. The quantitative estimate of drug-likeness (QED) is 0.582. The van der Waals surface area contributed by atoms with Crippen molar-refractivity contribution in [3.05, 3.63) is 65.4 Å². The van der Waals surface area contributed by atoms with Crippen molar-refractivity contribution in [2.24, 2.45) is 5.73 Å². The first-order valence-corrected chi connectivity index (χ1v) is 7.85. The maximum absolute atomic E-state index is 5.94. The van der Waals surface area contributed by atoms with Crippen LogP contribution in [0.25, 0.3) is 10.9 Å². The van der Waals surface area contributed by atoms with E-state index >= 15 is 0 Å². The highest BCUT2D eigenvalue weighted by molar-refractivity contribution is 7.99. The molecular weight excluding hydrogens is 302 g/mol. The summed E-state index contributed by atoms with van der Waals surface area (Å²) in [5, 5.41) is 2.87. The third-order valence-corrected chi connectivity index (χ3v) is 4.77. The number of para-hydroxylation sites is 1. The zero-order valence-electron chi connectivity index (χ0n) is 11.2. The molecule has 21 heavy (non-hydrogen) atoms. The highest BCUT2D eigenvalue weighted by atomic mass is 35.5. The van der Waals surface area contributed by atoms with Crippen LogP contribution in [-0.4, -0.2) is 16.5 Å². The summed E-state index contributed by atoms with van der Waals surface area (Å²) in [4.78, 5) is 8.69. The lowest BCUT2D eigenvalue weighted by molar-refractivity contribution is 0.935. The average molecular weight is 316 g/mol. The molecule has 0 amide bonds. The van der Waals surface area contributed by atoms with Crippen molar-refractivity contribution in [3.63, 3.8) is 0 Å². The number of thioether (sulfide) groups is 1. The third kappa shape index (κ3) is 3.18. The molecule has 0 saturated heterocycles. The second-order valence-corrected chi connectivity index (χ2v) is 6.22. The maximum atomic E-state index is 5.94. The molecule has 0 fully saturated rings. The molecule has 106 valence electrons. The Morgan fingerprint density at radius 3 is 2.57 bits per heavy atom. The van der Waals surface area contributed by atoms with Crippen LogP contribution in [-0.2, 0) is 0 Å². The molecule has 0 saturated carbocycles. The largest absolute Gasteiger partial charge is 0.329 e. The number of hydrogen-bond acceptors (Lipinski definition) is 4. The van der Waals surface area contributed by atoms with Crippen molar-refractivity contribution in [1.82, 2.24) is 9.97 Å². The molecule has 0 aliphatic carbocycles. The molecule has 1 unspecified atom stereocenters. The van der Waals surface area contributed by atoms with Gasteiger partial charge < -0.3 is 5.73 Å². The smallest absolute Gasteiger partial charge is 0.117 e. The Balaban J connectivity index is 1.94. The number of rotatable bonds is 4. The summed E-state index contributed by atoms with van der Waals surface area (Å²) in [6.45, 7) is 0.532. The van der Waals surface area contributed by atoms with Crippen molar-refractivity contribution in [3.8, 4) is 0 Å². The molecule has 0 radical (unpaired) electrons. The van der Waals surface area contributed by atoms with Crippen LogP contribution in [0.5, 0.6) is 0 Å². The Morgan fingerprint density at radius 1 is 1.05 bits per heavy atom. The lowest BCUT2D eigenvalue weighted by Crippen LogP contribution is -2.09. The summed E-state index contributed by atoms with van der Waals surface area (Å²) in [5.41, 5.74) is 8.03. The van der Waals surface area contributed by atoms with Crippen LogP contribution in [0.15, 0.2) is 59.9 Å². The zero-order valence-corrected chi connectivity index (χ0v) is 12.8. The highest BCUT2D eigenvalue weighted by Gasteiger charge is 2.14. The van der Waals surface area contributed by atoms with Gasteiger partial charge in [0.2, 0.25) is 0 Å². The van der Waals surface area contributed by atoms with Gasteiger partial charge in [0.15, 0.2) is 0 Å². The topological polar surface area (TPSA) is 51.8 Å². The van der Waals surface area contributed by atoms with Gasteiger partial charge in [0, 0.05) is 22.2 Å². The lowest BCUT2D eigenvalue weighted by atomic mass is 10.1. The SMILES string of the molecule is NCC(Sc1ncnc2ccccc12)c1ccc(Cl)cc1. The lowest BCUT2D eigenvalue weighted by Gasteiger charge is -2.15. The molecule has 5 heteroatoms. The Kier molecular flexibility index (Phi) is 4.39. The predicted molar refractivity (Wildman–Crippen MR) is 88.6 cm³/mol. The summed E-state index contributed by atoms with van der Waals surface area (Å²) in [5.74, 6) is 0. The summed E-state index contributed by atoms with van der Waals surface area (Å²) < 4.78 is 0. The molecule has 3 aromatic rings. The standard InChI is InChI=1S/C16H14ClN3S/c17-12-7-5-11(6-8-12)15(9-18)21-16-13-3-1-2-4-14(13)19-10-20-16/h1-8,10,15H,9,18H2. The molecule has 3 rings (SSSR count). The van der Waals surface area contributed by atoms with Gasteiger partial charge in [0.05, 0.1) is 5.52 Å². The van der Waals surface area contributed by atoms with Crippen LogP contribution in [0.4, 0.5) is 0 Å². The van der Waals surface area contributed by atoms with E-state index in [0.29, 0.717) is 6.54 Å². The van der Waals surface area contributed by atoms with E-state index < -0.39 is 0 Å². The summed E-state index contributed by atoms with van der Waals surface area (Å²) in [6, 6.07) is 15.8. The van der Waals surface area contributed by atoms with E-state index in [1.165, 1.54) is 0 Å². The first-order chi connectivity index (χ1) is 10.3. The van der Waals surface area contributed by atoms with Crippen LogP contribution in [0.2, 0.25) is 5.02 Å². The number of fused-ring (bicyclic) bond motifs is 1. The van der Waals surface area contributed by atoms with Gasteiger partial charge in [-0.15, -0.1) is 0 Å². The first-order valence-electron chi connectivity index (χ1n) is 6.60. The number of halogens is 1. The number of hydrogen-bond donors (Lipinski definition) is 1. The molecule has 0 bridgehead atoms. The fourth-order valence-corrected chi connectivity index (χ4v) is 3.33. The van der Waals surface area contributed by atoms with Crippen LogP contribution in [0.3, 0.4) is 0 Å². The molecule has 1 atom stereocenters. The summed E-state index contributed by atoms with van der Waals surface area (Å²) >= 11 is 7.60. The van der Waals surface area contributed by atoms with Crippen molar-refractivity contribution < 1.29 is 0 Å². The van der Waals surface area contributed by atoms with Gasteiger partial charge >= 0.3 is 0 Å². The molecule has 2 N–H and O–H groups in total. The molecule has 3 nitrogen and oxygen atoms in total. The summed E-state index contributed by atoms with van der Waals surface area (Å²) in [7, 11) is 0. The fourth-order valence-electron chi connectivity index (χ4n) is 2.14. The fraction of sp³-hybridized carbons (Fsp3) is 0.125. The number of nitrogens with two attached hydrogens (primary N) is 1. The Labute approximate surface area is 132 Å². The van der Waals surface area contributed by atoms with Crippen molar-refractivity contribution >= 4 is 34.3 Å². The van der Waals surface area contributed by atoms with E-state index in [2.05, 4.69) is 9.97 Å². The molecule has 1 heterocycles. The Morgan fingerprint density at radius 2 is 1.81 bits per heavy atom. The van der Waals surface area contributed by atoms with Gasteiger partial charge in [-0.3, -0.25) is 0 Å². The number of aromatic nitrogens is 2. The van der Waals surface area contributed by atoms with Crippen molar-refractivity contribution in [2.45, 2.75) is 10.3 Å². The number of benzene rings is 2. The minimum Gasteiger partial charge on any atom is -0.329 e. The molecular formula is C16H14ClN3S. The minimum atomic E-state index is 0.139. The monoisotopic (exact) mass is 315 g/mol. The number of nitrogens with zero attached hydrogens (tertiary/aromatic N) is 2. The van der Waals surface area contributed by atoms with Crippen LogP contribution >= 0.6 is 23.4 Å². The second kappa shape index (κ2) is 6.43. The van der Waals surface area contributed by atoms with Crippen LogP contribution < -0.4 is 5.73 Å². The molecule has 0 aliphatic heterocycles. The normalized spacial score (nSPS) is 12.5. The van der Waals surface area contributed by atoms with Crippen LogP contribution in [0.1, 0.15) is 10.8 Å². The average Bonchev–Trinajstić information content (AvgIpc) is 2.54. The zero-order chi connectivity index (χ0) is 14.7. The summed E-state index contributed by atoms with van der Waals surface area (Å²) in [6.07, 6.45) is 1.60. The van der Waals surface area contributed by atoms with E-state index in [9.17, 15) is 0 Å². The molecule has 1 aromatic heterocycles. The van der Waals surface area contributed by atoms with Crippen LogP contribution in [0, 0.1) is 0 Å². The first kappa shape index (κ1) is 14.3. The Hall–Kier alpha value is -1.62. The second-order valence-electron chi connectivity index (χ2n) is 4.59. The third-order valence-electron chi connectivity index (χ3n) is 3.22. The van der Waals surface area contributed by atoms with E-state index in [0.717, 1.165) is 26.5 Å². The van der Waals surface area contributed by atoms with E-state index in [-0.39, 0.29) is 5.25 Å².